The van der Waals surface area contributed by atoms with E-state index in [1.807, 2.05) is 18.2 Å². The molecule has 0 spiro atoms. The minimum absolute atomic E-state index is 0.176. The predicted molar refractivity (Wildman–Crippen MR) is 82.3 cm³/mol. The van der Waals surface area contributed by atoms with E-state index in [-0.39, 0.29) is 4.90 Å². The average molecular weight is 376 g/mol. The fraction of sp³-hybridized carbons (Fsp3) is 0.154. The van der Waals surface area contributed by atoms with Gasteiger partial charge in [0.25, 0.3) is 0 Å². The van der Waals surface area contributed by atoms with E-state index in [1.54, 1.807) is 12.3 Å². The summed E-state index contributed by atoms with van der Waals surface area (Å²) in [5.41, 5.74) is 0.840. The number of sulfonamides is 1. The molecule has 0 radical (unpaired) electrons. The molecule has 106 valence electrons. The molecule has 0 aliphatic carbocycles. The summed E-state index contributed by atoms with van der Waals surface area (Å²) >= 11 is 9.05. The molecule has 4 nitrogen and oxygen atoms in total. The van der Waals surface area contributed by atoms with Crippen molar-refractivity contribution in [2.45, 2.75) is 11.3 Å². The van der Waals surface area contributed by atoms with Crippen LogP contribution in [0.2, 0.25) is 5.02 Å². The van der Waals surface area contributed by atoms with Gasteiger partial charge in [-0.05, 0) is 46.3 Å². The van der Waals surface area contributed by atoms with Gasteiger partial charge in [-0.15, -0.1) is 0 Å². The van der Waals surface area contributed by atoms with E-state index in [2.05, 4.69) is 25.6 Å². The molecule has 0 saturated heterocycles. The van der Waals surface area contributed by atoms with Gasteiger partial charge in [-0.2, -0.15) is 0 Å². The minimum atomic E-state index is -3.54. The van der Waals surface area contributed by atoms with E-state index in [0.29, 0.717) is 22.5 Å². The van der Waals surface area contributed by atoms with Gasteiger partial charge < -0.3 is 0 Å². The Balaban J connectivity index is 2.02. The van der Waals surface area contributed by atoms with Crippen LogP contribution in [0.4, 0.5) is 0 Å². The zero-order chi connectivity index (χ0) is 14.6. The molecule has 0 unspecified atom stereocenters. The lowest BCUT2D eigenvalue weighted by atomic mass is 10.3. The number of aromatic nitrogens is 1. The van der Waals surface area contributed by atoms with Crippen LogP contribution in [0, 0.1) is 0 Å². The van der Waals surface area contributed by atoms with E-state index >= 15 is 0 Å². The van der Waals surface area contributed by atoms with Crippen LogP contribution in [0.3, 0.4) is 0 Å². The molecule has 2 rings (SSSR count). The molecule has 1 N–H and O–H groups in total. The monoisotopic (exact) mass is 374 g/mol. The van der Waals surface area contributed by atoms with Crippen LogP contribution in [-0.2, 0) is 16.4 Å². The number of hydrogen-bond acceptors (Lipinski definition) is 3. The van der Waals surface area contributed by atoms with Crippen molar-refractivity contribution < 1.29 is 8.42 Å². The van der Waals surface area contributed by atoms with Crippen LogP contribution < -0.4 is 4.72 Å². The summed E-state index contributed by atoms with van der Waals surface area (Å²) in [6.07, 6.45) is 2.22. The first-order valence-electron chi connectivity index (χ1n) is 5.84. The average Bonchev–Trinajstić information content (AvgIpc) is 2.43. The van der Waals surface area contributed by atoms with Crippen molar-refractivity contribution in [3.8, 4) is 0 Å². The molecular weight excluding hydrogens is 364 g/mol. The third-order valence-corrected chi connectivity index (χ3v) is 5.27. The summed E-state index contributed by atoms with van der Waals surface area (Å²) in [4.78, 5) is 4.31. The zero-order valence-corrected chi connectivity index (χ0v) is 13.5. The number of rotatable bonds is 5. The Morgan fingerprint density at radius 1 is 1.25 bits per heavy atom. The maximum atomic E-state index is 12.1. The van der Waals surface area contributed by atoms with Gasteiger partial charge in [-0.25, -0.2) is 13.1 Å². The fourth-order valence-corrected chi connectivity index (χ4v) is 3.29. The van der Waals surface area contributed by atoms with E-state index < -0.39 is 10.0 Å². The van der Waals surface area contributed by atoms with Gasteiger partial charge in [0.2, 0.25) is 10.0 Å². The van der Waals surface area contributed by atoms with Gasteiger partial charge >= 0.3 is 0 Å². The second kappa shape index (κ2) is 6.67. The third-order valence-electron chi connectivity index (χ3n) is 2.60. The minimum Gasteiger partial charge on any atom is -0.261 e. The smallest absolute Gasteiger partial charge is 0.240 e. The summed E-state index contributed by atoms with van der Waals surface area (Å²) in [6, 6.07) is 10.0. The van der Waals surface area contributed by atoms with Crippen LogP contribution in [-0.4, -0.2) is 19.9 Å². The van der Waals surface area contributed by atoms with Crippen molar-refractivity contribution in [3.63, 3.8) is 0 Å². The number of nitrogens with zero attached hydrogens (tertiary/aromatic N) is 1. The Labute approximate surface area is 131 Å². The third kappa shape index (κ3) is 4.02. The van der Waals surface area contributed by atoms with E-state index in [1.165, 1.54) is 12.1 Å². The first-order chi connectivity index (χ1) is 9.49. The molecule has 1 aromatic heterocycles. The molecule has 0 atom stereocenters. The SMILES string of the molecule is O=S(=O)(NCCc1ccccn1)c1ccc(Cl)c(Br)c1. The number of halogens is 2. The highest BCUT2D eigenvalue weighted by Crippen LogP contribution is 2.25. The lowest BCUT2D eigenvalue weighted by Crippen LogP contribution is -2.26. The Morgan fingerprint density at radius 3 is 2.70 bits per heavy atom. The van der Waals surface area contributed by atoms with Crippen molar-refractivity contribution in [2.24, 2.45) is 0 Å². The molecule has 0 fully saturated rings. The highest BCUT2D eigenvalue weighted by Gasteiger charge is 2.14. The second-order valence-corrected chi connectivity index (χ2v) is 7.07. The molecule has 0 aliphatic rings. The summed E-state index contributed by atoms with van der Waals surface area (Å²) < 4.78 is 27.3. The molecule has 0 amide bonds. The molecular formula is C13H12BrClN2O2S. The van der Waals surface area contributed by atoms with Crippen molar-refractivity contribution in [2.75, 3.05) is 6.54 Å². The summed E-state index contributed by atoms with van der Waals surface area (Å²) in [5.74, 6) is 0. The molecule has 0 bridgehead atoms. The lowest BCUT2D eigenvalue weighted by molar-refractivity contribution is 0.581. The largest absolute Gasteiger partial charge is 0.261 e. The number of benzene rings is 1. The zero-order valence-electron chi connectivity index (χ0n) is 10.4. The summed E-state index contributed by atoms with van der Waals surface area (Å²) in [7, 11) is -3.54. The molecule has 1 aromatic carbocycles. The van der Waals surface area contributed by atoms with Gasteiger partial charge in [-0.1, -0.05) is 17.7 Å². The van der Waals surface area contributed by atoms with Gasteiger partial charge in [0.05, 0.1) is 9.92 Å². The Bertz CT molecular complexity index is 693. The van der Waals surface area contributed by atoms with Crippen molar-refractivity contribution in [1.82, 2.24) is 9.71 Å². The maximum absolute atomic E-state index is 12.1. The molecule has 0 aliphatic heterocycles. The highest BCUT2D eigenvalue weighted by atomic mass is 79.9. The summed E-state index contributed by atoms with van der Waals surface area (Å²) in [5, 5.41) is 0.470. The summed E-state index contributed by atoms with van der Waals surface area (Å²) in [6.45, 7) is 0.291. The first kappa shape index (κ1) is 15.4. The molecule has 7 heteroatoms. The predicted octanol–water partition coefficient (Wildman–Crippen LogP) is 3.02. The van der Waals surface area contributed by atoms with Crippen molar-refractivity contribution >= 4 is 37.6 Å². The number of nitrogens with one attached hydrogen (secondary N) is 1. The molecule has 1 heterocycles. The Kier molecular flexibility index (Phi) is 5.15. The standard InChI is InChI=1S/C13H12BrClN2O2S/c14-12-9-11(4-5-13(12)15)20(18,19)17-8-6-10-3-1-2-7-16-10/h1-5,7,9,17H,6,8H2. The van der Waals surface area contributed by atoms with Gasteiger partial charge in [-0.3, -0.25) is 4.98 Å². The van der Waals surface area contributed by atoms with Gasteiger partial charge in [0.15, 0.2) is 0 Å². The topological polar surface area (TPSA) is 59.1 Å². The maximum Gasteiger partial charge on any atom is 0.240 e. The lowest BCUT2D eigenvalue weighted by Gasteiger charge is -2.07. The quantitative estimate of drug-likeness (QED) is 0.874. The van der Waals surface area contributed by atoms with Crippen LogP contribution >= 0.6 is 27.5 Å². The van der Waals surface area contributed by atoms with E-state index in [4.69, 9.17) is 11.6 Å². The molecule has 20 heavy (non-hydrogen) atoms. The van der Waals surface area contributed by atoms with Crippen LogP contribution in [0.5, 0.6) is 0 Å². The molecule has 2 aromatic rings. The first-order valence-corrected chi connectivity index (χ1v) is 8.49. The number of pyridine rings is 1. The van der Waals surface area contributed by atoms with Crippen molar-refractivity contribution in [1.29, 1.82) is 0 Å². The van der Waals surface area contributed by atoms with E-state index in [0.717, 1.165) is 5.69 Å². The van der Waals surface area contributed by atoms with Gasteiger partial charge in [0.1, 0.15) is 0 Å². The van der Waals surface area contributed by atoms with Crippen LogP contribution in [0.1, 0.15) is 5.69 Å². The normalized spacial score (nSPS) is 11.5. The Morgan fingerprint density at radius 2 is 2.05 bits per heavy atom. The van der Waals surface area contributed by atoms with Crippen molar-refractivity contribution in [3.05, 3.63) is 57.8 Å². The van der Waals surface area contributed by atoms with E-state index in [9.17, 15) is 8.42 Å². The van der Waals surface area contributed by atoms with Crippen LogP contribution in [0.25, 0.3) is 0 Å². The van der Waals surface area contributed by atoms with Crippen LogP contribution in [0.15, 0.2) is 52.0 Å². The van der Waals surface area contributed by atoms with Gasteiger partial charge in [0, 0.05) is 29.3 Å². The molecule has 0 saturated carbocycles. The number of hydrogen-bond donors (Lipinski definition) is 1. The second-order valence-electron chi connectivity index (χ2n) is 4.04. The Hall–Kier alpha value is -0.950. The highest BCUT2D eigenvalue weighted by molar-refractivity contribution is 9.10. The fourth-order valence-electron chi connectivity index (χ4n) is 1.59.